The minimum atomic E-state index is -4.43. The van der Waals surface area contributed by atoms with E-state index in [0.29, 0.717) is 39.8 Å². The van der Waals surface area contributed by atoms with Crippen LogP contribution < -0.4 is 9.04 Å². The van der Waals surface area contributed by atoms with Crippen LogP contribution >= 0.6 is 35.1 Å². The summed E-state index contributed by atoms with van der Waals surface area (Å²) in [7, 11) is 0.456. The van der Waals surface area contributed by atoms with Gasteiger partial charge in [-0.3, -0.25) is 14.5 Å². The molecule has 228 valence electrons. The predicted molar refractivity (Wildman–Crippen MR) is 173 cm³/mol. The Morgan fingerprint density at radius 1 is 1.02 bits per heavy atom. The molecule has 5 rings (SSSR count). The Balaban J connectivity index is 1.86. The van der Waals surface area contributed by atoms with Crippen molar-refractivity contribution in [2.45, 2.75) is 45.5 Å². The molecule has 3 aromatic carbocycles. The highest BCUT2D eigenvalue weighted by Gasteiger charge is 2.62. The first kappa shape index (κ1) is 31.7. The van der Waals surface area contributed by atoms with Gasteiger partial charge < -0.3 is 9.64 Å². The molecule has 2 aliphatic heterocycles. The second-order valence-electron chi connectivity index (χ2n) is 10.6. The number of hydrogen-bond acceptors (Lipinski definition) is 8. The van der Waals surface area contributed by atoms with Gasteiger partial charge >= 0.3 is 0 Å². The molecule has 0 saturated carbocycles. The first-order valence-corrected chi connectivity index (χ1v) is 18.0. The lowest BCUT2D eigenvalue weighted by atomic mass is 9.78. The minimum absolute atomic E-state index is 0.0300. The molecule has 1 fully saturated rings. The molecule has 2 heterocycles. The second kappa shape index (κ2) is 12.4. The second-order valence-corrected chi connectivity index (χ2v) is 14.5. The van der Waals surface area contributed by atoms with E-state index in [-0.39, 0.29) is 16.5 Å². The molecule has 0 N–H and O–H groups in total. The summed E-state index contributed by atoms with van der Waals surface area (Å²) in [6, 6.07) is 16.3. The molecule has 12 heteroatoms. The minimum Gasteiger partial charge on any atom is -0.496 e. The summed E-state index contributed by atoms with van der Waals surface area (Å²) in [5.74, 6) is -0.463. The summed E-state index contributed by atoms with van der Waals surface area (Å²) in [5, 5.41) is 0.340. The van der Waals surface area contributed by atoms with Crippen LogP contribution in [0.3, 0.4) is 0 Å². The van der Waals surface area contributed by atoms with Crippen LogP contribution in [0.5, 0.6) is 5.75 Å². The third-order valence-corrected chi connectivity index (χ3v) is 11.7. The Bertz CT molecular complexity index is 1680. The molecule has 43 heavy (non-hydrogen) atoms. The standard InChI is InChI=1S/C31H34ClN3O5S3/c1-33(2)29(36)25-11-8-9-17-34(25)31(22-10-6-7-12-26(22)40-3)23-18-20(32)13-15-24(23)35(30(31)37)43(38,39)28-16-14-21(41-4)19-27(28)42-5/h6-7,10,12-16,18-19,25H,8-9,11,17H2,1-5H3/t25-,31?/m0/s1. The summed E-state index contributed by atoms with van der Waals surface area (Å²) in [4.78, 5) is 33.9. The molecule has 1 unspecified atom stereocenters. The fourth-order valence-corrected chi connectivity index (χ4v) is 9.48. The fraction of sp³-hybridized carbons (Fsp3) is 0.355. The van der Waals surface area contributed by atoms with Gasteiger partial charge in [-0.05, 0) is 67.8 Å². The number of anilines is 1. The Kier molecular flexibility index (Phi) is 9.12. The molecule has 0 bridgehead atoms. The first-order valence-electron chi connectivity index (χ1n) is 13.8. The number of hydrogen-bond donors (Lipinski definition) is 0. The normalized spacial score (nSPS) is 20.7. The molecule has 2 amide bonds. The maximum Gasteiger partial charge on any atom is 0.272 e. The SMILES string of the molecule is COc1ccccc1C1(N2CCCC[C@H]2C(=O)N(C)C)C(=O)N(S(=O)(=O)c2ccc(SC)cc2SC)c2ccc(Cl)cc21. The number of nitrogens with zero attached hydrogens (tertiary/aromatic N) is 3. The van der Waals surface area contributed by atoms with Gasteiger partial charge in [0.2, 0.25) is 5.91 Å². The summed E-state index contributed by atoms with van der Waals surface area (Å²) < 4.78 is 36.1. The number of carbonyl (C=O) groups excluding carboxylic acids is 2. The van der Waals surface area contributed by atoms with E-state index in [1.807, 2.05) is 23.5 Å². The number of thioether (sulfide) groups is 2. The molecule has 0 aliphatic carbocycles. The monoisotopic (exact) mass is 659 g/mol. The van der Waals surface area contributed by atoms with E-state index in [2.05, 4.69) is 0 Å². The van der Waals surface area contributed by atoms with Crippen molar-refractivity contribution in [2.75, 3.05) is 44.6 Å². The topological polar surface area (TPSA) is 87.2 Å². The highest BCUT2D eigenvalue weighted by Crippen LogP contribution is 2.55. The number of halogens is 1. The number of methoxy groups -OCH3 is 1. The van der Waals surface area contributed by atoms with Crippen molar-refractivity contribution < 1.29 is 22.7 Å². The van der Waals surface area contributed by atoms with Crippen LogP contribution in [-0.4, -0.2) is 76.3 Å². The molecule has 0 aromatic heterocycles. The highest BCUT2D eigenvalue weighted by molar-refractivity contribution is 8.00. The van der Waals surface area contributed by atoms with E-state index in [1.165, 1.54) is 35.5 Å². The van der Waals surface area contributed by atoms with E-state index in [4.69, 9.17) is 16.3 Å². The van der Waals surface area contributed by atoms with Crippen molar-refractivity contribution >= 4 is 62.6 Å². The lowest BCUT2D eigenvalue weighted by Gasteiger charge is -2.47. The third kappa shape index (κ3) is 5.12. The Morgan fingerprint density at radius 2 is 1.77 bits per heavy atom. The van der Waals surface area contributed by atoms with Crippen molar-refractivity contribution in [1.29, 1.82) is 0 Å². The zero-order valence-corrected chi connectivity index (χ0v) is 27.9. The smallest absolute Gasteiger partial charge is 0.272 e. The van der Waals surface area contributed by atoms with Gasteiger partial charge in [0, 0.05) is 46.6 Å². The number of para-hydroxylation sites is 1. The number of benzene rings is 3. The van der Waals surface area contributed by atoms with Crippen LogP contribution in [0.1, 0.15) is 30.4 Å². The predicted octanol–water partition coefficient (Wildman–Crippen LogP) is 5.71. The fourth-order valence-electron chi connectivity index (χ4n) is 6.20. The zero-order chi connectivity index (χ0) is 31.1. The molecular formula is C31H34ClN3O5S3. The largest absolute Gasteiger partial charge is 0.496 e. The number of rotatable bonds is 8. The highest BCUT2D eigenvalue weighted by atomic mass is 35.5. The van der Waals surface area contributed by atoms with Gasteiger partial charge in [0.1, 0.15) is 10.6 Å². The van der Waals surface area contributed by atoms with E-state index in [0.717, 1.165) is 22.0 Å². The first-order chi connectivity index (χ1) is 20.5. The number of sulfonamides is 1. The summed E-state index contributed by atoms with van der Waals surface area (Å²) in [6.07, 6.45) is 5.75. The maximum absolute atomic E-state index is 15.3. The van der Waals surface area contributed by atoms with Gasteiger partial charge in [-0.25, -0.2) is 12.7 Å². The van der Waals surface area contributed by atoms with Crippen LogP contribution in [0, 0.1) is 0 Å². The van der Waals surface area contributed by atoms with Gasteiger partial charge in [-0.2, -0.15) is 0 Å². The molecule has 2 atom stereocenters. The summed E-state index contributed by atoms with van der Waals surface area (Å²) >= 11 is 9.41. The Morgan fingerprint density at radius 3 is 2.44 bits per heavy atom. The molecule has 1 saturated heterocycles. The average molecular weight is 660 g/mol. The quantitative estimate of drug-likeness (QED) is 0.284. The number of carbonyl (C=O) groups is 2. The number of piperidine rings is 1. The maximum atomic E-state index is 15.3. The Labute approximate surface area is 266 Å². The molecule has 8 nitrogen and oxygen atoms in total. The van der Waals surface area contributed by atoms with Crippen molar-refractivity contribution in [2.24, 2.45) is 0 Å². The van der Waals surface area contributed by atoms with Gasteiger partial charge in [-0.1, -0.05) is 36.2 Å². The van der Waals surface area contributed by atoms with Crippen LogP contribution in [-0.2, 0) is 25.2 Å². The number of likely N-dealkylation sites (tertiary alicyclic amines) is 1. The van der Waals surface area contributed by atoms with Gasteiger partial charge in [0.25, 0.3) is 15.9 Å². The lowest BCUT2D eigenvalue weighted by Crippen LogP contribution is -2.62. The number of fused-ring (bicyclic) bond motifs is 1. The molecular weight excluding hydrogens is 626 g/mol. The summed E-state index contributed by atoms with van der Waals surface area (Å²) in [6.45, 7) is 0.381. The van der Waals surface area contributed by atoms with E-state index in [1.54, 1.807) is 68.7 Å². The third-order valence-electron chi connectivity index (χ3n) is 8.11. The van der Waals surface area contributed by atoms with Crippen LogP contribution in [0.15, 0.2) is 75.4 Å². The van der Waals surface area contributed by atoms with E-state index >= 15 is 4.79 Å². The number of ether oxygens (including phenoxy) is 1. The van der Waals surface area contributed by atoms with Crippen LogP contribution in [0.2, 0.25) is 5.02 Å². The zero-order valence-electron chi connectivity index (χ0n) is 24.7. The molecule has 3 aromatic rings. The summed E-state index contributed by atoms with van der Waals surface area (Å²) in [5.41, 5.74) is -0.675. The Hall–Kier alpha value is -2.70. The van der Waals surface area contributed by atoms with Gasteiger partial charge in [-0.15, -0.1) is 23.5 Å². The number of amides is 2. The molecule has 0 radical (unpaired) electrons. The van der Waals surface area contributed by atoms with Crippen molar-refractivity contribution in [3.63, 3.8) is 0 Å². The van der Waals surface area contributed by atoms with Crippen molar-refractivity contribution in [3.8, 4) is 5.75 Å². The van der Waals surface area contributed by atoms with Gasteiger partial charge in [0.15, 0.2) is 5.54 Å². The lowest BCUT2D eigenvalue weighted by molar-refractivity contribution is -0.142. The molecule has 2 aliphatic rings. The molecule has 0 spiro atoms. The van der Waals surface area contributed by atoms with Crippen molar-refractivity contribution in [1.82, 2.24) is 9.80 Å². The van der Waals surface area contributed by atoms with Gasteiger partial charge in [0.05, 0.1) is 18.8 Å². The average Bonchev–Trinajstić information content (AvgIpc) is 3.28. The van der Waals surface area contributed by atoms with E-state index < -0.39 is 27.5 Å². The van der Waals surface area contributed by atoms with E-state index in [9.17, 15) is 13.2 Å². The van der Waals surface area contributed by atoms with Crippen LogP contribution in [0.25, 0.3) is 0 Å². The van der Waals surface area contributed by atoms with Crippen LogP contribution in [0.4, 0.5) is 5.69 Å². The van der Waals surface area contributed by atoms with Crippen molar-refractivity contribution in [3.05, 3.63) is 76.8 Å². The number of likely N-dealkylation sites (N-methyl/N-ethyl adjacent to an activating group) is 1.